The number of nitrogens with zero attached hydrogens (tertiary/aromatic N) is 1. The van der Waals surface area contributed by atoms with Crippen LogP contribution in [0, 0.1) is 0 Å². The normalized spacial score (nSPS) is 27.9. The fourth-order valence-electron chi connectivity index (χ4n) is 1.68. The van der Waals surface area contributed by atoms with Gasteiger partial charge < -0.3 is 10.8 Å². The van der Waals surface area contributed by atoms with Crippen molar-refractivity contribution in [1.82, 2.24) is 4.90 Å². The molecule has 0 aromatic heterocycles. The highest BCUT2D eigenvalue weighted by Gasteiger charge is 2.37. The summed E-state index contributed by atoms with van der Waals surface area (Å²) < 4.78 is 36.3. The van der Waals surface area contributed by atoms with Gasteiger partial charge in [0.2, 0.25) is 0 Å². The van der Waals surface area contributed by atoms with Gasteiger partial charge in [-0.05, 0) is 12.8 Å². The smallest absolute Gasteiger partial charge is 0.395 e. The molecule has 1 aliphatic rings. The zero-order chi connectivity index (χ0) is 10.8. The maximum absolute atomic E-state index is 12.1. The molecule has 0 saturated heterocycles. The first-order valence-corrected chi connectivity index (χ1v) is 4.59. The van der Waals surface area contributed by atoms with E-state index in [2.05, 4.69) is 0 Å². The van der Waals surface area contributed by atoms with E-state index in [1.54, 1.807) is 0 Å². The highest BCUT2D eigenvalue weighted by molar-refractivity contribution is 4.90. The van der Waals surface area contributed by atoms with Crippen LogP contribution in [-0.4, -0.2) is 48.0 Å². The molecule has 14 heavy (non-hydrogen) atoms. The summed E-state index contributed by atoms with van der Waals surface area (Å²) in [5.41, 5.74) is 5.50. The quantitative estimate of drug-likeness (QED) is 0.706. The second-order valence-corrected chi connectivity index (χ2v) is 3.69. The maximum atomic E-state index is 12.1. The van der Waals surface area contributed by atoms with E-state index >= 15 is 0 Å². The van der Waals surface area contributed by atoms with E-state index in [-0.39, 0.29) is 25.2 Å². The minimum Gasteiger partial charge on any atom is -0.395 e. The lowest BCUT2D eigenvalue weighted by Gasteiger charge is -2.41. The Morgan fingerprint density at radius 3 is 2.29 bits per heavy atom. The molecule has 1 fully saturated rings. The maximum Gasteiger partial charge on any atom is 0.401 e. The van der Waals surface area contributed by atoms with Crippen molar-refractivity contribution in [3.8, 4) is 0 Å². The third-order valence-electron chi connectivity index (χ3n) is 2.44. The van der Waals surface area contributed by atoms with Gasteiger partial charge in [-0.25, -0.2) is 0 Å². The molecule has 1 rings (SSSR count). The van der Waals surface area contributed by atoms with Crippen LogP contribution in [0.1, 0.15) is 12.8 Å². The lowest BCUT2D eigenvalue weighted by atomic mass is 9.86. The van der Waals surface area contributed by atoms with Crippen LogP contribution >= 0.6 is 0 Å². The lowest BCUT2D eigenvalue weighted by Crippen LogP contribution is -2.53. The largest absolute Gasteiger partial charge is 0.401 e. The number of halogens is 3. The Bertz CT molecular complexity index is 180. The molecule has 0 amide bonds. The van der Waals surface area contributed by atoms with E-state index in [0.717, 1.165) is 0 Å². The van der Waals surface area contributed by atoms with Gasteiger partial charge in [-0.1, -0.05) is 0 Å². The van der Waals surface area contributed by atoms with Crippen molar-refractivity contribution in [3.05, 3.63) is 0 Å². The summed E-state index contributed by atoms with van der Waals surface area (Å²) in [5, 5.41) is 8.63. The molecule has 0 aromatic carbocycles. The fourth-order valence-corrected chi connectivity index (χ4v) is 1.68. The third-order valence-corrected chi connectivity index (χ3v) is 2.44. The van der Waals surface area contributed by atoms with Crippen molar-refractivity contribution in [3.63, 3.8) is 0 Å². The van der Waals surface area contributed by atoms with Gasteiger partial charge in [0, 0.05) is 18.6 Å². The van der Waals surface area contributed by atoms with Crippen molar-refractivity contribution in [2.24, 2.45) is 5.73 Å². The zero-order valence-electron chi connectivity index (χ0n) is 7.80. The lowest BCUT2D eigenvalue weighted by molar-refractivity contribution is -0.156. The Balaban J connectivity index is 2.39. The molecule has 1 saturated carbocycles. The fraction of sp³-hybridized carbons (Fsp3) is 1.00. The van der Waals surface area contributed by atoms with Crippen LogP contribution in [0.2, 0.25) is 0 Å². The predicted molar refractivity (Wildman–Crippen MR) is 45.7 cm³/mol. The van der Waals surface area contributed by atoms with Gasteiger partial charge in [-0.15, -0.1) is 0 Å². The molecular formula is C8H15F3N2O. The zero-order valence-corrected chi connectivity index (χ0v) is 7.80. The highest BCUT2D eigenvalue weighted by atomic mass is 19.4. The Kier molecular flexibility index (Phi) is 3.74. The van der Waals surface area contributed by atoms with E-state index in [1.165, 1.54) is 4.90 Å². The van der Waals surface area contributed by atoms with Crippen LogP contribution < -0.4 is 5.73 Å². The van der Waals surface area contributed by atoms with Crippen LogP contribution in [0.5, 0.6) is 0 Å². The second-order valence-electron chi connectivity index (χ2n) is 3.69. The van der Waals surface area contributed by atoms with E-state index in [9.17, 15) is 13.2 Å². The molecule has 1 aliphatic carbocycles. The first-order valence-electron chi connectivity index (χ1n) is 4.59. The summed E-state index contributed by atoms with van der Waals surface area (Å²) in [7, 11) is 0. The van der Waals surface area contributed by atoms with Gasteiger partial charge in [-0.3, -0.25) is 4.90 Å². The van der Waals surface area contributed by atoms with E-state index in [4.69, 9.17) is 10.8 Å². The minimum atomic E-state index is -4.20. The van der Waals surface area contributed by atoms with Gasteiger partial charge in [0.25, 0.3) is 0 Å². The Morgan fingerprint density at radius 2 is 1.93 bits per heavy atom. The van der Waals surface area contributed by atoms with Crippen molar-refractivity contribution >= 4 is 0 Å². The third kappa shape index (κ3) is 3.43. The minimum absolute atomic E-state index is 0.0226. The van der Waals surface area contributed by atoms with Crippen molar-refractivity contribution < 1.29 is 18.3 Å². The molecule has 84 valence electrons. The second kappa shape index (κ2) is 4.46. The average molecular weight is 212 g/mol. The Morgan fingerprint density at radius 1 is 1.36 bits per heavy atom. The monoisotopic (exact) mass is 212 g/mol. The number of aliphatic hydroxyl groups excluding tert-OH is 1. The molecule has 6 heteroatoms. The molecular weight excluding hydrogens is 197 g/mol. The van der Waals surface area contributed by atoms with Crippen LogP contribution in [0.25, 0.3) is 0 Å². The summed E-state index contributed by atoms with van der Waals surface area (Å²) in [6.45, 7) is -1.14. The van der Waals surface area contributed by atoms with Crippen molar-refractivity contribution in [2.75, 3.05) is 19.7 Å². The molecule has 0 unspecified atom stereocenters. The number of aliphatic hydroxyl groups is 1. The van der Waals surface area contributed by atoms with Gasteiger partial charge in [-0.2, -0.15) is 13.2 Å². The molecule has 3 N–H and O–H groups in total. The topological polar surface area (TPSA) is 49.5 Å². The van der Waals surface area contributed by atoms with Crippen LogP contribution in [0.15, 0.2) is 0 Å². The van der Waals surface area contributed by atoms with E-state index < -0.39 is 12.7 Å². The summed E-state index contributed by atoms with van der Waals surface area (Å²) in [6.07, 6.45) is -3.01. The van der Waals surface area contributed by atoms with Gasteiger partial charge >= 0.3 is 6.18 Å². The summed E-state index contributed by atoms with van der Waals surface area (Å²) in [4.78, 5) is 1.25. The van der Waals surface area contributed by atoms with Crippen LogP contribution in [-0.2, 0) is 0 Å². The van der Waals surface area contributed by atoms with Crippen molar-refractivity contribution in [2.45, 2.75) is 31.1 Å². The van der Waals surface area contributed by atoms with E-state index in [1.807, 2.05) is 0 Å². The SMILES string of the molecule is NC1CC(N(CCO)CC(F)(F)F)C1. The first kappa shape index (κ1) is 11.7. The molecule has 0 atom stereocenters. The molecule has 0 radical (unpaired) electrons. The van der Waals surface area contributed by atoms with Crippen LogP contribution in [0.3, 0.4) is 0 Å². The van der Waals surface area contributed by atoms with Crippen LogP contribution in [0.4, 0.5) is 13.2 Å². The number of alkyl halides is 3. The average Bonchev–Trinajstić information content (AvgIpc) is 1.95. The number of hydrogen-bond donors (Lipinski definition) is 2. The molecule has 0 aliphatic heterocycles. The molecule has 3 nitrogen and oxygen atoms in total. The molecule has 0 bridgehead atoms. The summed E-state index contributed by atoms with van der Waals surface area (Å²) in [6, 6.07) is -0.0896. The Hall–Kier alpha value is -0.330. The summed E-state index contributed by atoms with van der Waals surface area (Å²) >= 11 is 0. The highest BCUT2D eigenvalue weighted by Crippen LogP contribution is 2.27. The first-order chi connectivity index (χ1) is 6.42. The Labute approximate surface area is 80.7 Å². The number of rotatable bonds is 4. The number of hydrogen-bond acceptors (Lipinski definition) is 3. The molecule has 0 aromatic rings. The predicted octanol–water partition coefficient (Wildman–Crippen LogP) is 0.333. The van der Waals surface area contributed by atoms with Gasteiger partial charge in [0.05, 0.1) is 13.2 Å². The number of nitrogens with two attached hydrogens (primary N) is 1. The van der Waals surface area contributed by atoms with Gasteiger partial charge in [0.15, 0.2) is 0 Å². The molecule has 0 heterocycles. The standard InChI is InChI=1S/C8H15F3N2O/c9-8(10,11)5-13(1-2-14)7-3-6(12)4-7/h6-7,14H,1-5,12H2. The summed E-state index contributed by atoms with van der Waals surface area (Å²) in [5.74, 6) is 0. The van der Waals surface area contributed by atoms with Gasteiger partial charge in [0.1, 0.15) is 0 Å². The molecule has 0 spiro atoms. The van der Waals surface area contributed by atoms with Crippen molar-refractivity contribution in [1.29, 1.82) is 0 Å². The van der Waals surface area contributed by atoms with E-state index in [0.29, 0.717) is 12.8 Å².